The average molecular weight is 483 g/mol. The van der Waals surface area contributed by atoms with Gasteiger partial charge in [-0.2, -0.15) is 0 Å². The van der Waals surface area contributed by atoms with Crippen molar-refractivity contribution in [2.75, 3.05) is 19.5 Å². The number of ether oxygens (including phenoxy) is 2. The van der Waals surface area contributed by atoms with E-state index in [0.717, 1.165) is 54.0 Å². The van der Waals surface area contributed by atoms with E-state index in [0.29, 0.717) is 6.42 Å². The summed E-state index contributed by atoms with van der Waals surface area (Å²) in [6.07, 6.45) is 4.94. The predicted octanol–water partition coefficient (Wildman–Crippen LogP) is 6.09. The summed E-state index contributed by atoms with van der Waals surface area (Å²) in [7, 11) is 3.29. The number of anilines is 1. The number of carbonyl (C=O) groups excluding carboxylic acids is 2. The van der Waals surface area contributed by atoms with Crippen molar-refractivity contribution in [3.63, 3.8) is 0 Å². The first kappa shape index (κ1) is 28.2. The van der Waals surface area contributed by atoms with E-state index in [9.17, 15) is 9.59 Å². The maximum absolute atomic E-state index is 13.9. The first-order valence-corrected chi connectivity index (χ1v) is 12.5. The maximum atomic E-state index is 13.9. The van der Waals surface area contributed by atoms with Crippen LogP contribution < -0.4 is 20.5 Å². The average Bonchev–Trinajstić information content (AvgIpc) is 2.81. The molecular formula is C29H42N2O4. The Morgan fingerprint density at radius 3 is 2.37 bits per heavy atom. The summed E-state index contributed by atoms with van der Waals surface area (Å²) < 4.78 is 11.2. The highest BCUT2D eigenvalue weighted by atomic mass is 16.5. The van der Waals surface area contributed by atoms with Crippen molar-refractivity contribution < 1.29 is 19.1 Å². The minimum Gasteiger partial charge on any atom is -0.497 e. The van der Waals surface area contributed by atoms with Crippen LogP contribution in [0, 0.1) is 11.3 Å². The summed E-state index contributed by atoms with van der Waals surface area (Å²) in [5, 5.41) is 3.16. The van der Waals surface area contributed by atoms with Crippen molar-refractivity contribution >= 4 is 17.5 Å². The number of rotatable bonds is 13. The number of benzene rings is 2. The number of nitrogens with two attached hydrogens (primary N) is 1. The molecule has 0 aliphatic carbocycles. The van der Waals surface area contributed by atoms with Crippen molar-refractivity contribution in [3.05, 3.63) is 53.6 Å². The fourth-order valence-electron chi connectivity index (χ4n) is 4.71. The largest absolute Gasteiger partial charge is 0.497 e. The number of hydrogen-bond donors (Lipinski definition) is 2. The highest BCUT2D eigenvalue weighted by Gasteiger charge is 2.39. The Labute approximate surface area is 210 Å². The standard InChI is InChI=1S/C29H42N2O4/c1-7-8-9-13-24(23-16-15-22(34-5)19-25(23)35-6)27(29(2,3)4)28(33)31-21-12-10-11-20(18-21)14-17-26(30)32/h10-12,15-16,18-19,24,27H,7-9,13-14,17H2,1-6H3,(H2,30,32)(H,31,33). The summed E-state index contributed by atoms with van der Waals surface area (Å²) in [4.78, 5) is 25.0. The molecule has 2 unspecified atom stereocenters. The normalized spacial score (nSPS) is 13.1. The van der Waals surface area contributed by atoms with Crippen LogP contribution in [0.25, 0.3) is 0 Å². The van der Waals surface area contributed by atoms with Crippen LogP contribution in [-0.4, -0.2) is 26.0 Å². The fraction of sp³-hybridized carbons (Fsp3) is 0.517. The molecule has 0 bridgehead atoms. The summed E-state index contributed by atoms with van der Waals surface area (Å²) in [5.41, 5.74) is 7.71. The SMILES string of the molecule is CCCCCC(c1ccc(OC)cc1OC)C(C(=O)Nc1cccc(CCC(N)=O)c1)C(C)(C)C. The van der Waals surface area contributed by atoms with Crippen LogP contribution in [0.15, 0.2) is 42.5 Å². The molecule has 0 saturated carbocycles. The first-order valence-electron chi connectivity index (χ1n) is 12.5. The van der Waals surface area contributed by atoms with E-state index in [-0.39, 0.29) is 35.5 Å². The van der Waals surface area contributed by atoms with E-state index in [1.54, 1.807) is 14.2 Å². The number of primary amides is 1. The number of hydrogen-bond acceptors (Lipinski definition) is 4. The van der Waals surface area contributed by atoms with Crippen LogP contribution in [-0.2, 0) is 16.0 Å². The van der Waals surface area contributed by atoms with Crippen molar-refractivity contribution in [1.29, 1.82) is 0 Å². The zero-order valence-electron chi connectivity index (χ0n) is 22.1. The molecule has 6 nitrogen and oxygen atoms in total. The van der Waals surface area contributed by atoms with Gasteiger partial charge < -0.3 is 20.5 Å². The van der Waals surface area contributed by atoms with Crippen molar-refractivity contribution in [1.82, 2.24) is 0 Å². The Kier molecular flexibility index (Phi) is 10.6. The Balaban J connectivity index is 2.43. The number of methoxy groups -OCH3 is 2. The molecule has 0 aliphatic heterocycles. The van der Waals surface area contributed by atoms with Gasteiger partial charge in [-0.3, -0.25) is 9.59 Å². The van der Waals surface area contributed by atoms with Crippen molar-refractivity contribution in [2.24, 2.45) is 17.1 Å². The van der Waals surface area contributed by atoms with Crippen molar-refractivity contribution in [3.8, 4) is 11.5 Å². The molecule has 3 N–H and O–H groups in total. The molecule has 192 valence electrons. The van der Waals surface area contributed by atoms with Gasteiger partial charge in [-0.1, -0.05) is 65.2 Å². The Hall–Kier alpha value is -3.02. The number of aryl methyl sites for hydroxylation is 1. The second-order valence-electron chi connectivity index (χ2n) is 10.2. The monoisotopic (exact) mass is 482 g/mol. The Morgan fingerprint density at radius 2 is 1.77 bits per heavy atom. The zero-order chi connectivity index (χ0) is 26.0. The molecule has 0 aromatic heterocycles. The van der Waals surface area contributed by atoms with Crippen LogP contribution in [0.1, 0.15) is 76.8 Å². The molecule has 0 spiro atoms. The van der Waals surface area contributed by atoms with Gasteiger partial charge in [0.2, 0.25) is 11.8 Å². The van der Waals surface area contributed by atoms with Gasteiger partial charge in [0, 0.05) is 18.2 Å². The minimum absolute atomic E-state index is 0.0241. The second-order valence-corrected chi connectivity index (χ2v) is 10.2. The van der Waals surface area contributed by atoms with Gasteiger partial charge in [0.1, 0.15) is 11.5 Å². The van der Waals surface area contributed by atoms with Gasteiger partial charge >= 0.3 is 0 Å². The van der Waals surface area contributed by atoms with Crippen LogP contribution in [0.4, 0.5) is 5.69 Å². The summed E-state index contributed by atoms with van der Waals surface area (Å²) in [6.45, 7) is 8.53. The topological polar surface area (TPSA) is 90.7 Å². The number of carbonyl (C=O) groups is 2. The molecule has 2 amide bonds. The van der Waals surface area contributed by atoms with Gasteiger partial charge in [-0.25, -0.2) is 0 Å². The molecular weight excluding hydrogens is 440 g/mol. The molecule has 2 rings (SSSR count). The quantitative estimate of drug-likeness (QED) is 0.338. The summed E-state index contributed by atoms with van der Waals surface area (Å²) in [6, 6.07) is 13.5. The number of nitrogens with one attached hydrogen (secondary N) is 1. The molecule has 0 saturated heterocycles. The summed E-state index contributed by atoms with van der Waals surface area (Å²) in [5.74, 6) is 0.777. The molecule has 6 heteroatoms. The van der Waals surface area contributed by atoms with Gasteiger partial charge in [0.05, 0.1) is 20.1 Å². The lowest BCUT2D eigenvalue weighted by molar-refractivity contribution is -0.124. The lowest BCUT2D eigenvalue weighted by Gasteiger charge is -2.37. The molecule has 35 heavy (non-hydrogen) atoms. The third kappa shape index (κ3) is 8.30. The Bertz CT molecular complexity index is 981. The van der Waals surface area contributed by atoms with E-state index in [4.69, 9.17) is 15.2 Å². The molecule has 2 aromatic rings. The fourth-order valence-corrected chi connectivity index (χ4v) is 4.71. The minimum atomic E-state index is -0.337. The molecule has 0 aliphatic rings. The molecule has 2 atom stereocenters. The van der Waals surface area contributed by atoms with Gasteiger partial charge in [-0.15, -0.1) is 0 Å². The number of unbranched alkanes of at least 4 members (excludes halogenated alkanes) is 2. The van der Waals surface area contributed by atoms with E-state index < -0.39 is 0 Å². The first-order chi connectivity index (χ1) is 16.6. The van der Waals surface area contributed by atoms with E-state index >= 15 is 0 Å². The zero-order valence-corrected chi connectivity index (χ0v) is 22.1. The smallest absolute Gasteiger partial charge is 0.228 e. The number of amides is 2. The van der Waals surface area contributed by atoms with Gasteiger partial charge in [-0.05, 0) is 53.5 Å². The van der Waals surface area contributed by atoms with Gasteiger partial charge in [0.25, 0.3) is 0 Å². The lowest BCUT2D eigenvalue weighted by atomic mass is 9.68. The van der Waals surface area contributed by atoms with E-state index in [2.05, 4.69) is 33.0 Å². The third-order valence-electron chi connectivity index (χ3n) is 6.43. The third-order valence-corrected chi connectivity index (χ3v) is 6.43. The van der Waals surface area contributed by atoms with Crippen LogP contribution in [0.2, 0.25) is 0 Å². The van der Waals surface area contributed by atoms with Gasteiger partial charge in [0.15, 0.2) is 0 Å². The van der Waals surface area contributed by atoms with E-state index in [1.165, 1.54) is 0 Å². The highest BCUT2D eigenvalue weighted by Crippen LogP contribution is 2.45. The summed E-state index contributed by atoms with van der Waals surface area (Å²) >= 11 is 0. The highest BCUT2D eigenvalue weighted by molar-refractivity contribution is 5.94. The second kappa shape index (κ2) is 13.2. The molecule has 0 fully saturated rings. The molecule has 2 aromatic carbocycles. The van der Waals surface area contributed by atoms with Crippen LogP contribution in [0.3, 0.4) is 0 Å². The van der Waals surface area contributed by atoms with Crippen LogP contribution >= 0.6 is 0 Å². The Morgan fingerprint density at radius 1 is 1.03 bits per heavy atom. The maximum Gasteiger partial charge on any atom is 0.228 e. The van der Waals surface area contributed by atoms with Crippen LogP contribution in [0.5, 0.6) is 11.5 Å². The predicted molar refractivity (Wildman–Crippen MR) is 142 cm³/mol. The van der Waals surface area contributed by atoms with Crippen molar-refractivity contribution in [2.45, 2.75) is 72.1 Å². The lowest BCUT2D eigenvalue weighted by Crippen LogP contribution is -2.38. The molecule has 0 heterocycles. The molecule has 0 radical (unpaired) electrons. The van der Waals surface area contributed by atoms with E-state index in [1.807, 2.05) is 42.5 Å².